The second-order valence-electron chi connectivity index (χ2n) is 4.62. The molecule has 0 spiro atoms. The summed E-state index contributed by atoms with van der Waals surface area (Å²) in [7, 11) is 0. The van der Waals surface area contributed by atoms with Crippen LogP contribution in [0.15, 0.2) is 43.2 Å². The van der Waals surface area contributed by atoms with Gasteiger partial charge in [-0.15, -0.1) is 0 Å². The molecule has 1 aliphatic heterocycles. The zero-order chi connectivity index (χ0) is 14.9. The fourth-order valence-corrected chi connectivity index (χ4v) is 2.19. The van der Waals surface area contributed by atoms with Gasteiger partial charge in [-0.05, 0) is 12.1 Å². The van der Waals surface area contributed by atoms with Gasteiger partial charge in [-0.3, -0.25) is 4.57 Å². The summed E-state index contributed by atoms with van der Waals surface area (Å²) in [5.74, 6) is 2.49. The van der Waals surface area contributed by atoms with Crippen molar-refractivity contribution in [2.24, 2.45) is 0 Å². The SMILES string of the molecule is Nc1c(Nc2ccc3c(c2)OCO3)ncnc1-n1ccnc1. The van der Waals surface area contributed by atoms with Crippen LogP contribution in [0.2, 0.25) is 0 Å². The molecule has 2 aromatic heterocycles. The highest BCUT2D eigenvalue weighted by Gasteiger charge is 2.15. The number of rotatable bonds is 3. The summed E-state index contributed by atoms with van der Waals surface area (Å²) in [6.45, 7) is 0.235. The lowest BCUT2D eigenvalue weighted by molar-refractivity contribution is 0.174. The third-order valence-corrected chi connectivity index (χ3v) is 3.25. The lowest BCUT2D eigenvalue weighted by Gasteiger charge is -2.11. The zero-order valence-electron chi connectivity index (χ0n) is 11.4. The van der Waals surface area contributed by atoms with Gasteiger partial charge in [-0.1, -0.05) is 0 Å². The third-order valence-electron chi connectivity index (χ3n) is 3.25. The van der Waals surface area contributed by atoms with E-state index >= 15 is 0 Å². The van der Waals surface area contributed by atoms with Gasteiger partial charge in [0.15, 0.2) is 23.1 Å². The van der Waals surface area contributed by atoms with Gasteiger partial charge in [0.2, 0.25) is 6.79 Å². The van der Waals surface area contributed by atoms with Crippen molar-refractivity contribution in [1.29, 1.82) is 0 Å². The molecule has 1 aromatic carbocycles. The Hall–Kier alpha value is -3.29. The first-order valence-electron chi connectivity index (χ1n) is 6.57. The molecule has 110 valence electrons. The average Bonchev–Trinajstić information content (AvgIpc) is 3.19. The van der Waals surface area contributed by atoms with E-state index in [9.17, 15) is 0 Å². The van der Waals surface area contributed by atoms with E-state index in [1.54, 1.807) is 23.3 Å². The Bertz CT molecular complexity index is 818. The Balaban J connectivity index is 1.67. The predicted molar refractivity (Wildman–Crippen MR) is 79.4 cm³/mol. The highest BCUT2D eigenvalue weighted by Crippen LogP contribution is 2.35. The predicted octanol–water partition coefficient (Wildman–Crippen LogP) is 1.72. The van der Waals surface area contributed by atoms with Crippen LogP contribution in [0.1, 0.15) is 0 Å². The Kier molecular flexibility index (Phi) is 2.78. The van der Waals surface area contributed by atoms with Gasteiger partial charge in [-0.2, -0.15) is 0 Å². The molecule has 3 N–H and O–H groups in total. The standard InChI is InChI=1S/C14H12N6O2/c15-12-13(17-6-18-14(12)20-4-3-16-7-20)19-9-1-2-10-11(5-9)22-8-21-10/h1-7H,8,15H2,(H,17,18,19). The van der Waals surface area contributed by atoms with E-state index in [0.29, 0.717) is 23.1 Å². The third kappa shape index (κ3) is 2.06. The first kappa shape index (κ1) is 12.5. The highest BCUT2D eigenvalue weighted by molar-refractivity contribution is 5.74. The molecule has 3 heterocycles. The van der Waals surface area contributed by atoms with Gasteiger partial charge in [0.25, 0.3) is 0 Å². The Morgan fingerprint density at radius 3 is 2.95 bits per heavy atom. The number of fused-ring (bicyclic) bond motifs is 1. The molecule has 0 fully saturated rings. The van der Waals surface area contributed by atoms with E-state index in [2.05, 4.69) is 20.3 Å². The lowest BCUT2D eigenvalue weighted by Crippen LogP contribution is -2.06. The quantitative estimate of drug-likeness (QED) is 0.759. The number of hydrogen-bond acceptors (Lipinski definition) is 7. The minimum atomic E-state index is 0.235. The Morgan fingerprint density at radius 2 is 2.09 bits per heavy atom. The van der Waals surface area contributed by atoms with Crippen LogP contribution in [-0.2, 0) is 0 Å². The fraction of sp³-hybridized carbons (Fsp3) is 0.0714. The van der Waals surface area contributed by atoms with Gasteiger partial charge in [0.05, 0.1) is 0 Å². The van der Waals surface area contributed by atoms with Crippen molar-refractivity contribution in [2.75, 3.05) is 17.8 Å². The molecule has 0 unspecified atom stereocenters. The van der Waals surface area contributed by atoms with Gasteiger partial charge in [0, 0.05) is 24.1 Å². The second kappa shape index (κ2) is 4.92. The molecular weight excluding hydrogens is 284 g/mol. The molecule has 0 saturated heterocycles. The van der Waals surface area contributed by atoms with Crippen LogP contribution in [0.25, 0.3) is 5.82 Å². The molecule has 0 saturated carbocycles. The number of ether oxygens (including phenoxy) is 2. The topological polar surface area (TPSA) is 100 Å². The van der Waals surface area contributed by atoms with Crippen molar-refractivity contribution >= 4 is 17.2 Å². The van der Waals surface area contributed by atoms with Gasteiger partial charge in [-0.25, -0.2) is 15.0 Å². The van der Waals surface area contributed by atoms with Gasteiger partial charge in [0.1, 0.15) is 18.3 Å². The maximum Gasteiger partial charge on any atom is 0.231 e. The minimum absolute atomic E-state index is 0.235. The Morgan fingerprint density at radius 1 is 1.18 bits per heavy atom. The number of hydrogen-bond donors (Lipinski definition) is 2. The number of nitrogen functional groups attached to an aromatic ring is 1. The van der Waals surface area contributed by atoms with E-state index < -0.39 is 0 Å². The van der Waals surface area contributed by atoms with Crippen LogP contribution in [0.5, 0.6) is 11.5 Å². The first-order chi connectivity index (χ1) is 10.8. The molecule has 22 heavy (non-hydrogen) atoms. The molecule has 4 rings (SSSR count). The van der Waals surface area contributed by atoms with Crippen molar-refractivity contribution in [3.63, 3.8) is 0 Å². The molecule has 0 atom stereocenters. The maximum atomic E-state index is 6.14. The van der Waals surface area contributed by atoms with Crippen molar-refractivity contribution in [3.05, 3.63) is 43.2 Å². The van der Waals surface area contributed by atoms with E-state index in [4.69, 9.17) is 15.2 Å². The van der Waals surface area contributed by atoms with Gasteiger partial charge < -0.3 is 20.5 Å². The molecule has 0 amide bonds. The molecule has 8 heteroatoms. The van der Waals surface area contributed by atoms with E-state index in [1.807, 2.05) is 18.2 Å². The number of nitrogens with one attached hydrogen (secondary N) is 1. The van der Waals surface area contributed by atoms with Crippen molar-refractivity contribution in [3.8, 4) is 17.3 Å². The van der Waals surface area contributed by atoms with E-state index in [0.717, 1.165) is 11.4 Å². The largest absolute Gasteiger partial charge is 0.454 e. The van der Waals surface area contributed by atoms with E-state index in [-0.39, 0.29) is 6.79 Å². The smallest absolute Gasteiger partial charge is 0.231 e. The number of nitrogens with two attached hydrogens (primary N) is 1. The summed E-state index contributed by atoms with van der Waals surface area (Å²) in [5, 5.41) is 3.16. The number of nitrogens with zero attached hydrogens (tertiary/aromatic N) is 4. The number of benzene rings is 1. The van der Waals surface area contributed by atoms with Crippen LogP contribution < -0.4 is 20.5 Å². The normalized spacial score (nSPS) is 12.4. The van der Waals surface area contributed by atoms with E-state index in [1.165, 1.54) is 6.33 Å². The maximum absolute atomic E-state index is 6.14. The molecule has 8 nitrogen and oxygen atoms in total. The summed E-state index contributed by atoms with van der Waals surface area (Å²) in [6, 6.07) is 5.53. The molecule has 0 bridgehead atoms. The van der Waals surface area contributed by atoms with Crippen LogP contribution in [0, 0.1) is 0 Å². The van der Waals surface area contributed by atoms with Crippen LogP contribution in [0.3, 0.4) is 0 Å². The first-order valence-corrected chi connectivity index (χ1v) is 6.57. The molecular formula is C14H12N6O2. The fourth-order valence-electron chi connectivity index (χ4n) is 2.19. The number of aromatic nitrogens is 4. The van der Waals surface area contributed by atoms with Crippen molar-refractivity contribution < 1.29 is 9.47 Å². The summed E-state index contributed by atoms with van der Waals surface area (Å²) in [6.07, 6.45) is 6.50. The molecule has 0 radical (unpaired) electrons. The Labute approximate surface area is 125 Å². The summed E-state index contributed by atoms with van der Waals surface area (Å²) < 4.78 is 12.4. The zero-order valence-corrected chi connectivity index (χ0v) is 11.4. The molecule has 1 aliphatic rings. The average molecular weight is 296 g/mol. The monoisotopic (exact) mass is 296 g/mol. The second-order valence-corrected chi connectivity index (χ2v) is 4.62. The minimum Gasteiger partial charge on any atom is -0.454 e. The van der Waals surface area contributed by atoms with Gasteiger partial charge >= 0.3 is 0 Å². The number of anilines is 3. The van der Waals surface area contributed by atoms with Crippen molar-refractivity contribution in [2.45, 2.75) is 0 Å². The lowest BCUT2D eigenvalue weighted by atomic mass is 10.2. The van der Waals surface area contributed by atoms with Crippen molar-refractivity contribution in [1.82, 2.24) is 19.5 Å². The summed E-state index contributed by atoms with van der Waals surface area (Å²) in [5.41, 5.74) is 7.37. The molecule has 0 aliphatic carbocycles. The van der Waals surface area contributed by atoms with Crippen LogP contribution >= 0.6 is 0 Å². The summed E-state index contributed by atoms with van der Waals surface area (Å²) in [4.78, 5) is 12.4. The summed E-state index contributed by atoms with van der Waals surface area (Å²) >= 11 is 0. The number of imidazole rings is 1. The molecule has 3 aromatic rings. The van der Waals surface area contributed by atoms with Crippen LogP contribution in [-0.4, -0.2) is 26.3 Å². The highest BCUT2D eigenvalue weighted by atomic mass is 16.7. The van der Waals surface area contributed by atoms with Crippen LogP contribution in [0.4, 0.5) is 17.2 Å².